The van der Waals surface area contributed by atoms with Crippen molar-refractivity contribution < 1.29 is 5.11 Å². The van der Waals surface area contributed by atoms with Crippen molar-refractivity contribution in [3.63, 3.8) is 0 Å². The third kappa shape index (κ3) is 1.85. The fraction of sp³-hybridized carbons (Fsp3) is 0.500. The summed E-state index contributed by atoms with van der Waals surface area (Å²) in [4.78, 5) is 0. The lowest BCUT2D eigenvalue weighted by molar-refractivity contribution is 0.458. The number of benzene rings is 1. The molecule has 0 amide bonds. The molecule has 0 unspecified atom stereocenters. The molecule has 0 radical (unpaired) electrons. The van der Waals surface area contributed by atoms with Gasteiger partial charge in [0.1, 0.15) is 5.75 Å². The first kappa shape index (κ1) is 10.1. The second kappa shape index (κ2) is 3.41. The molecule has 13 heavy (non-hydrogen) atoms. The van der Waals surface area contributed by atoms with Crippen molar-refractivity contribution in [2.75, 3.05) is 0 Å². The molecule has 1 heteroatoms. The number of hydrogen-bond acceptors (Lipinski definition) is 1. The molecule has 0 saturated carbocycles. The minimum absolute atomic E-state index is 0.156. The van der Waals surface area contributed by atoms with Crippen molar-refractivity contribution in [2.24, 2.45) is 0 Å². The maximum Gasteiger partial charge on any atom is 0.118 e. The van der Waals surface area contributed by atoms with Gasteiger partial charge in [-0.3, -0.25) is 0 Å². The largest absolute Gasteiger partial charge is 0.508 e. The lowest BCUT2D eigenvalue weighted by Gasteiger charge is -2.25. The summed E-state index contributed by atoms with van der Waals surface area (Å²) in [6, 6.07) is 5.75. The zero-order valence-corrected chi connectivity index (χ0v) is 8.89. The van der Waals surface area contributed by atoms with E-state index in [0.717, 1.165) is 12.0 Å². The maximum atomic E-state index is 9.56. The van der Waals surface area contributed by atoms with Gasteiger partial charge in [0.15, 0.2) is 0 Å². The van der Waals surface area contributed by atoms with E-state index in [1.165, 1.54) is 5.56 Å². The second-order valence-corrected chi connectivity index (χ2v) is 4.19. The van der Waals surface area contributed by atoms with Gasteiger partial charge < -0.3 is 5.11 Å². The van der Waals surface area contributed by atoms with Gasteiger partial charge in [-0.15, -0.1) is 0 Å². The first-order valence-corrected chi connectivity index (χ1v) is 4.78. The number of hydrogen-bond donors (Lipinski definition) is 1. The Morgan fingerprint density at radius 1 is 1.31 bits per heavy atom. The maximum absolute atomic E-state index is 9.56. The molecule has 1 aromatic rings. The zero-order valence-electron chi connectivity index (χ0n) is 8.89. The van der Waals surface area contributed by atoms with Crippen molar-refractivity contribution in [1.29, 1.82) is 0 Å². The van der Waals surface area contributed by atoms with Crippen LogP contribution in [0.1, 0.15) is 38.3 Å². The molecule has 1 nitrogen and oxygen atoms in total. The highest BCUT2D eigenvalue weighted by molar-refractivity contribution is 5.41. The highest BCUT2D eigenvalue weighted by Crippen LogP contribution is 2.32. The highest BCUT2D eigenvalue weighted by Gasteiger charge is 2.20. The van der Waals surface area contributed by atoms with Crippen LogP contribution in [0.15, 0.2) is 18.2 Å². The number of rotatable bonds is 2. The van der Waals surface area contributed by atoms with Crippen molar-refractivity contribution in [1.82, 2.24) is 0 Å². The number of phenols is 1. The van der Waals surface area contributed by atoms with Crippen LogP contribution in [0.3, 0.4) is 0 Å². The van der Waals surface area contributed by atoms with Gasteiger partial charge in [-0.25, -0.2) is 0 Å². The van der Waals surface area contributed by atoms with E-state index in [-0.39, 0.29) is 5.41 Å². The SMILES string of the molecule is CCC(C)(C)c1cccc(O)c1C. The second-order valence-electron chi connectivity index (χ2n) is 4.19. The average molecular weight is 178 g/mol. The summed E-state index contributed by atoms with van der Waals surface area (Å²) < 4.78 is 0. The van der Waals surface area contributed by atoms with E-state index in [4.69, 9.17) is 0 Å². The molecule has 1 aromatic carbocycles. The van der Waals surface area contributed by atoms with Crippen LogP contribution in [0.2, 0.25) is 0 Å². The molecule has 72 valence electrons. The van der Waals surface area contributed by atoms with Crippen molar-refractivity contribution in [3.8, 4) is 5.75 Å². The highest BCUT2D eigenvalue weighted by atomic mass is 16.3. The minimum Gasteiger partial charge on any atom is -0.508 e. The van der Waals surface area contributed by atoms with Crippen LogP contribution in [0.4, 0.5) is 0 Å². The lowest BCUT2D eigenvalue weighted by atomic mass is 9.80. The zero-order chi connectivity index (χ0) is 10.1. The normalized spacial score (nSPS) is 11.7. The van der Waals surface area contributed by atoms with Crippen molar-refractivity contribution in [3.05, 3.63) is 29.3 Å². The third-order valence-electron chi connectivity index (χ3n) is 2.92. The van der Waals surface area contributed by atoms with Crippen LogP contribution >= 0.6 is 0 Å². The molecule has 0 heterocycles. The van der Waals surface area contributed by atoms with E-state index in [1.807, 2.05) is 13.0 Å². The first-order valence-electron chi connectivity index (χ1n) is 4.78. The van der Waals surface area contributed by atoms with Crippen molar-refractivity contribution >= 4 is 0 Å². The summed E-state index contributed by atoms with van der Waals surface area (Å²) in [7, 11) is 0. The Hall–Kier alpha value is -0.980. The average Bonchev–Trinajstić information content (AvgIpc) is 2.09. The fourth-order valence-electron chi connectivity index (χ4n) is 1.55. The predicted octanol–water partition coefficient (Wildman–Crippen LogP) is 3.39. The van der Waals surface area contributed by atoms with Gasteiger partial charge in [0.25, 0.3) is 0 Å². The molecule has 0 bridgehead atoms. The molecule has 0 fully saturated rings. The monoisotopic (exact) mass is 178 g/mol. The van der Waals surface area contributed by atoms with Crippen molar-refractivity contribution in [2.45, 2.75) is 39.5 Å². The Labute approximate surface area is 80.4 Å². The minimum atomic E-state index is 0.156. The van der Waals surface area contributed by atoms with E-state index < -0.39 is 0 Å². The molecule has 0 aliphatic carbocycles. The van der Waals surface area contributed by atoms with Gasteiger partial charge in [-0.2, -0.15) is 0 Å². The molecule has 0 spiro atoms. The predicted molar refractivity (Wildman–Crippen MR) is 56.2 cm³/mol. The number of aromatic hydroxyl groups is 1. The lowest BCUT2D eigenvalue weighted by Crippen LogP contribution is -2.16. The molecule has 0 saturated heterocycles. The molecule has 0 aliphatic rings. The molecular weight excluding hydrogens is 160 g/mol. The smallest absolute Gasteiger partial charge is 0.118 e. The van der Waals surface area contributed by atoms with Gasteiger partial charge in [-0.1, -0.05) is 32.9 Å². The van der Waals surface area contributed by atoms with Crippen LogP contribution in [0, 0.1) is 6.92 Å². The quantitative estimate of drug-likeness (QED) is 0.736. The molecule has 0 aromatic heterocycles. The van der Waals surface area contributed by atoms with E-state index in [2.05, 4.69) is 26.8 Å². The Morgan fingerprint density at radius 3 is 2.46 bits per heavy atom. The summed E-state index contributed by atoms with van der Waals surface area (Å²) in [6.45, 7) is 8.55. The molecule has 1 N–H and O–H groups in total. The topological polar surface area (TPSA) is 20.2 Å². The van der Waals surface area contributed by atoms with Crippen LogP contribution in [0.5, 0.6) is 5.75 Å². The molecule has 0 aliphatic heterocycles. The molecular formula is C12H18O. The van der Waals surface area contributed by atoms with E-state index in [9.17, 15) is 5.11 Å². The van der Waals surface area contributed by atoms with Gasteiger partial charge >= 0.3 is 0 Å². The van der Waals surface area contributed by atoms with Crippen LogP contribution in [0.25, 0.3) is 0 Å². The summed E-state index contributed by atoms with van der Waals surface area (Å²) in [5.74, 6) is 0.402. The van der Waals surface area contributed by atoms with Crippen LogP contribution in [-0.4, -0.2) is 5.11 Å². The first-order chi connectivity index (χ1) is 5.99. The van der Waals surface area contributed by atoms with Gasteiger partial charge in [-0.05, 0) is 36.0 Å². The Balaban J connectivity index is 3.22. The van der Waals surface area contributed by atoms with Gasteiger partial charge in [0, 0.05) is 0 Å². The van der Waals surface area contributed by atoms with E-state index in [0.29, 0.717) is 5.75 Å². The molecule has 0 atom stereocenters. The van der Waals surface area contributed by atoms with Crippen LogP contribution < -0.4 is 0 Å². The summed E-state index contributed by atoms with van der Waals surface area (Å²) in [6.07, 6.45) is 1.08. The van der Waals surface area contributed by atoms with E-state index in [1.54, 1.807) is 6.07 Å². The Kier molecular flexibility index (Phi) is 2.65. The molecule has 1 rings (SSSR count). The fourth-order valence-corrected chi connectivity index (χ4v) is 1.55. The Bertz CT molecular complexity index is 300. The van der Waals surface area contributed by atoms with Gasteiger partial charge in [0.05, 0.1) is 0 Å². The van der Waals surface area contributed by atoms with Crippen LogP contribution in [-0.2, 0) is 5.41 Å². The van der Waals surface area contributed by atoms with E-state index >= 15 is 0 Å². The number of phenolic OH excluding ortho intramolecular Hbond substituents is 1. The summed E-state index contributed by atoms with van der Waals surface area (Å²) in [5, 5.41) is 9.56. The van der Waals surface area contributed by atoms with Gasteiger partial charge in [0.2, 0.25) is 0 Å². The standard InChI is InChI=1S/C12H18O/c1-5-12(3,4)10-7-6-8-11(13)9(10)2/h6-8,13H,5H2,1-4H3. The summed E-state index contributed by atoms with van der Waals surface area (Å²) in [5.41, 5.74) is 2.41. The third-order valence-corrected chi connectivity index (χ3v) is 2.92. The Morgan fingerprint density at radius 2 is 1.92 bits per heavy atom. The summed E-state index contributed by atoms with van der Waals surface area (Å²) >= 11 is 0.